The van der Waals surface area contributed by atoms with Gasteiger partial charge in [0.1, 0.15) is 12.4 Å². The van der Waals surface area contributed by atoms with E-state index in [4.69, 9.17) is 4.74 Å². The molecule has 26 heavy (non-hydrogen) atoms. The molecule has 6 nitrogen and oxygen atoms in total. The molecule has 1 heterocycles. The molecule has 1 unspecified atom stereocenters. The number of nitrogens with zero attached hydrogens (tertiary/aromatic N) is 2. The number of nitrogens with one attached hydrogen (secondary N) is 1. The summed E-state index contributed by atoms with van der Waals surface area (Å²) in [6.07, 6.45) is 0. The van der Waals surface area contributed by atoms with Gasteiger partial charge in [-0.1, -0.05) is 42.5 Å². The minimum atomic E-state index is -1.63. The second-order valence-electron chi connectivity index (χ2n) is 6.40. The van der Waals surface area contributed by atoms with Crippen LogP contribution in [0.15, 0.2) is 54.6 Å². The van der Waals surface area contributed by atoms with E-state index >= 15 is 0 Å². The summed E-state index contributed by atoms with van der Waals surface area (Å²) >= 11 is 0. The van der Waals surface area contributed by atoms with Crippen LogP contribution in [-0.2, 0) is 16.2 Å². The number of hydrogen-bond acceptors (Lipinski definition) is 5. The second kappa shape index (κ2) is 5.44. The number of amides is 2. The molecular weight excluding hydrogens is 330 g/mol. The number of hydrogen-bond donors (Lipinski definition) is 1. The van der Waals surface area contributed by atoms with Crippen LogP contribution in [0.2, 0.25) is 0 Å². The Morgan fingerprint density at radius 2 is 1.50 bits per heavy atom. The van der Waals surface area contributed by atoms with Gasteiger partial charge in [0.15, 0.2) is 10.8 Å². The SMILES string of the molecule is N#C[C@@]12C(=O)NC(=O)[C@]1(C#N)C2c1ccc(OCc2ccccc2)cc1. The lowest BCUT2D eigenvalue weighted by Gasteiger charge is -2.10. The molecule has 2 fully saturated rings. The molecule has 6 heteroatoms. The minimum absolute atomic E-state index is 0.411. The fourth-order valence-electron chi connectivity index (χ4n) is 3.80. The number of fused-ring (bicyclic) bond motifs is 1. The third kappa shape index (κ3) is 1.84. The van der Waals surface area contributed by atoms with Gasteiger partial charge in [-0.2, -0.15) is 10.5 Å². The van der Waals surface area contributed by atoms with Crippen molar-refractivity contribution in [3.05, 3.63) is 65.7 Å². The summed E-state index contributed by atoms with van der Waals surface area (Å²) in [5.41, 5.74) is -1.64. The van der Waals surface area contributed by atoms with E-state index in [1.54, 1.807) is 24.3 Å². The summed E-state index contributed by atoms with van der Waals surface area (Å²) in [5, 5.41) is 21.1. The largest absolute Gasteiger partial charge is 0.489 e. The van der Waals surface area contributed by atoms with E-state index in [-0.39, 0.29) is 0 Å². The third-order valence-electron chi connectivity index (χ3n) is 5.16. The monoisotopic (exact) mass is 343 g/mol. The molecule has 1 N–H and O–H groups in total. The Bertz CT molecular complexity index is 950. The molecule has 1 saturated heterocycles. The summed E-state index contributed by atoms with van der Waals surface area (Å²) in [7, 11) is 0. The first kappa shape index (κ1) is 15.9. The molecule has 0 bridgehead atoms. The van der Waals surface area contributed by atoms with Crippen LogP contribution in [0.25, 0.3) is 0 Å². The molecule has 3 atom stereocenters. The summed E-state index contributed by atoms with van der Waals surface area (Å²) in [4.78, 5) is 24.2. The highest BCUT2D eigenvalue weighted by atomic mass is 16.5. The van der Waals surface area contributed by atoms with Crippen molar-refractivity contribution in [3.63, 3.8) is 0 Å². The minimum Gasteiger partial charge on any atom is -0.489 e. The predicted molar refractivity (Wildman–Crippen MR) is 89.2 cm³/mol. The first-order valence-electron chi connectivity index (χ1n) is 8.05. The number of rotatable bonds is 4. The molecule has 2 amide bonds. The van der Waals surface area contributed by atoms with Crippen molar-refractivity contribution in [2.75, 3.05) is 0 Å². The molecule has 0 radical (unpaired) electrons. The van der Waals surface area contributed by atoms with Crippen LogP contribution >= 0.6 is 0 Å². The van der Waals surface area contributed by atoms with Crippen molar-refractivity contribution in [2.24, 2.45) is 10.8 Å². The Hall–Kier alpha value is -3.64. The van der Waals surface area contributed by atoms with Crippen molar-refractivity contribution < 1.29 is 14.3 Å². The van der Waals surface area contributed by atoms with Crippen LogP contribution in [0.5, 0.6) is 5.75 Å². The van der Waals surface area contributed by atoms with Gasteiger partial charge in [-0.05, 0) is 23.3 Å². The summed E-state index contributed by atoms with van der Waals surface area (Å²) in [5.74, 6) is -1.52. The fraction of sp³-hybridized carbons (Fsp3) is 0.200. The number of carbonyl (C=O) groups is 2. The zero-order valence-electron chi connectivity index (χ0n) is 13.6. The second-order valence-corrected chi connectivity index (χ2v) is 6.40. The summed E-state index contributed by atoms with van der Waals surface area (Å²) < 4.78 is 5.71. The first-order valence-corrected chi connectivity index (χ1v) is 8.05. The zero-order valence-corrected chi connectivity index (χ0v) is 13.6. The molecular formula is C20H13N3O3. The molecule has 1 saturated carbocycles. The van der Waals surface area contributed by atoms with Gasteiger partial charge in [0.05, 0.1) is 12.1 Å². The molecule has 0 spiro atoms. The van der Waals surface area contributed by atoms with Crippen LogP contribution in [0.4, 0.5) is 0 Å². The van der Waals surface area contributed by atoms with E-state index < -0.39 is 28.6 Å². The topological polar surface area (TPSA) is 103 Å². The fourth-order valence-corrected chi connectivity index (χ4v) is 3.80. The Balaban J connectivity index is 1.57. The zero-order chi connectivity index (χ0) is 18.4. The number of carbonyl (C=O) groups excluding carboxylic acids is 2. The molecule has 0 aromatic heterocycles. The lowest BCUT2D eigenvalue weighted by molar-refractivity contribution is -0.128. The average Bonchev–Trinajstić information content (AvgIpc) is 3.25. The van der Waals surface area contributed by atoms with Crippen molar-refractivity contribution in [3.8, 4) is 17.9 Å². The van der Waals surface area contributed by atoms with E-state index in [2.05, 4.69) is 5.32 Å². The maximum atomic E-state index is 12.1. The van der Waals surface area contributed by atoms with Gasteiger partial charge < -0.3 is 4.74 Å². The van der Waals surface area contributed by atoms with Crippen molar-refractivity contribution in [1.29, 1.82) is 10.5 Å². The highest BCUT2D eigenvalue weighted by Crippen LogP contribution is 2.76. The molecule has 1 aliphatic heterocycles. The lowest BCUT2D eigenvalue weighted by Crippen LogP contribution is -2.31. The van der Waals surface area contributed by atoms with Gasteiger partial charge in [0, 0.05) is 5.92 Å². The van der Waals surface area contributed by atoms with Crippen molar-refractivity contribution in [1.82, 2.24) is 5.32 Å². The molecule has 1 aliphatic carbocycles. The number of nitriles is 2. The van der Waals surface area contributed by atoms with Gasteiger partial charge in [-0.25, -0.2) is 0 Å². The smallest absolute Gasteiger partial charge is 0.250 e. The highest BCUT2D eigenvalue weighted by molar-refractivity contribution is 6.19. The van der Waals surface area contributed by atoms with Crippen molar-refractivity contribution >= 4 is 11.8 Å². The lowest BCUT2D eigenvalue weighted by atomic mass is 9.98. The Morgan fingerprint density at radius 1 is 0.923 bits per heavy atom. The van der Waals surface area contributed by atoms with Crippen LogP contribution < -0.4 is 10.1 Å². The standard InChI is InChI=1S/C20H13N3O3/c21-11-19-16(20(19,12-22)18(25)23-17(19)24)14-6-8-15(9-7-14)26-10-13-4-2-1-3-5-13/h1-9,16H,10H2,(H,23,24,25)/t16?,19-,20+. The number of piperidine rings is 1. The van der Waals surface area contributed by atoms with Crippen LogP contribution in [0, 0.1) is 33.5 Å². The first-order chi connectivity index (χ1) is 12.6. The Kier molecular flexibility index (Phi) is 3.32. The molecule has 2 aromatic rings. The van der Waals surface area contributed by atoms with Crippen LogP contribution in [-0.4, -0.2) is 11.8 Å². The van der Waals surface area contributed by atoms with Gasteiger partial charge >= 0.3 is 0 Å². The number of ether oxygens (including phenoxy) is 1. The summed E-state index contributed by atoms with van der Waals surface area (Å²) in [6, 6.07) is 20.3. The number of imide groups is 1. The Labute approximate surface area is 149 Å². The normalized spacial score (nSPS) is 28.5. The van der Waals surface area contributed by atoms with Crippen molar-refractivity contribution in [2.45, 2.75) is 12.5 Å². The predicted octanol–water partition coefficient (Wildman–Crippen LogP) is 2.04. The van der Waals surface area contributed by atoms with E-state index in [0.717, 1.165) is 5.56 Å². The van der Waals surface area contributed by atoms with E-state index in [1.807, 2.05) is 42.5 Å². The average molecular weight is 343 g/mol. The summed E-state index contributed by atoms with van der Waals surface area (Å²) in [6.45, 7) is 0.411. The molecule has 2 aromatic carbocycles. The van der Waals surface area contributed by atoms with Crippen LogP contribution in [0.1, 0.15) is 17.0 Å². The number of benzene rings is 2. The molecule has 126 valence electrons. The maximum Gasteiger partial charge on any atom is 0.250 e. The Morgan fingerprint density at radius 3 is 2.04 bits per heavy atom. The van der Waals surface area contributed by atoms with E-state index in [9.17, 15) is 20.1 Å². The van der Waals surface area contributed by atoms with Crippen LogP contribution in [0.3, 0.4) is 0 Å². The van der Waals surface area contributed by atoms with E-state index in [1.165, 1.54) is 0 Å². The van der Waals surface area contributed by atoms with E-state index in [0.29, 0.717) is 17.9 Å². The van der Waals surface area contributed by atoms with Gasteiger partial charge in [-0.15, -0.1) is 0 Å². The quantitative estimate of drug-likeness (QED) is 0.856. The van der Waals surface area contributed by atoms with Gasteiger partial charge in [0.25, 0.3) is 0 Å². The highest BCUT2D eigenvalue weighted by Gasteiger charge is 2.90. The van der Waals surface area contributed by atoms with Gasteiger partial charge in [0.2, 0.25) is 11.8 Å². The van der Waals surface area contributed by atoms with Gasteiger partial charge in [-0.3, -0.25) is 14.9 Å². The molecule has 4 rings (SSSR count). The molecule has 2 aliphatic rings. The maximum absolute atomic E-state index is 12.1. The third-order valence-corrected chi connectivity index (χ3v) is 5.16.